The quantitative estimate of drug-likeness (QED) is 0.842. The van der Waals surface area contributed by atoms with Crippen LogP contribution < -0.4 is 10.2 Å². The molecule has 1 atom stereocenters. The molecule has 3 rings (SSSR count). The van der Waals surface area contributed by atoms with E-state index in [-0.39, 0.29) is 12.1 Å². The molecule has 6 heteroatoms. The van der Waals surface area contributed by atoms with Gasteiger partial charge in [-0.05, 0) is 30.5 Å². The summed E-state index contributed by atoms with van der Waals surface area (Å²) >= 11 is 0. The molecule has 1 saturated heterocycles. The van der Waals surface area contributed by atoms with Gasteiger partial charge in [0.2, 0.25) is 0 Å². The van der Waals surface area contributed by atoms with Crippen molar-refractivity contribution in [2.75, 3.05) is 18.0 Å². The summed E-state index contributed by atoms with van der Waals surface area (Å²) in [7, 11) is 0. The van der Waals surface area contributed by atoms with E-state index in [0.29, 0.717) is 0 Å². The maximum Gasteiger partial charge on any atom is 0.326 e. The van der Waals surface area contributed by atoms with E-state index >= 15 is 0 Å². The Morgan fingerprint density at radius 1 is 1.16 bits per heavy atom. The molecule has 1 aliphatic heterocycles. The van der Waals surface area contributed by atoms with Crippen LogP contribution in [-0.2, 0) is 11.2 Å². The van der Waals surface area contributed by atoms with Crippen LogP contribution in [-0.4, -0.2) is 41.1 Å². The van der Waals surface area contributed by atoms with Crippen LogP contribution >= 0.6 is 0 Å². The summed E-state index contributed by atoms with van der Waals surface area (Å²) in [5, 5.41) is 12.0. The minimum Gasteiger partial charge on any atom is -0.480 e. The number of hydrogen-bond acceptors (Lipinski definition) is 4. The first-order valence-corrected chi connectivity index (χ1v) is 8.42. The van der Waals surface area contributed by atoms with Crippen LogP contribution in [0.2, 0.25) is 0 Å². The van der Waals surface area contributed by atoms with E-state index in [9.17, 15) is 14.7 Å². The van der Waals surface area contributed by atoms with Gasteiger partial charge >= 0.3 is 5.97 Å². The number of pyridine rings is 1. The number of nitrogens with one attached hydrogen (secondary N) is 1. The molecule has 0 bridgehead atoms. The molecule has 1 amide bonds. The zero-order valence-electron chi connectivity index (χ0n) is 13.9. The van der Waals surface area contributed by atoms with Gasteiger partial charge in [0.1, 0.15) is 11.7 Å². The van der Waals surface area contributed by atoms with Gasteiger partial charge in [0, 0.05) is 31.4 Å². The third kappa shape index (κ3) is 4.35. The van der Waals surface area contributed by atoms with E-state index in [1.165, 1.54) is 0 Å². The van der Waals surface area contributed by atoms with Gasteiger partial charge in [-0.3, -0.25) is 9.78 Å². The number of amides is 1. The molecule has 1 aromatic carbocycles. The second kappa shape index (κ2) is 7.79. The first-order chi connectivity index (χ1) is 12.1. The molecule has 25 heavy (non-hydrogen) atoms. The number of carbonyl (C=O) groups is 2. The molecule has 0 unspecified atom stereocenters. The lowest BCUT2D eigenvalue weighted by Crippen LogP contribution is -2.42. The average Bonchev–Trinajstić information content (AvgIpc) is 3.17. The van der Waals surface area contributed by atoms with Gasteiger partial charge in [-0.15, -0.1) is 0 Å². The van der Waals surface area contributed by atoms with E-state index in [4.69, 9.17) is 0 Å². The first kappa shape index (κ1) is 17.0. The number of anilines is 1. The Balaban J connectivity index is 1.71. The molecule has 0 spiro atoms. The van der Waals surface area contributed by atoms with Gasteiger partial charge < -0.3 is 15.3 Å². The summed E-state index contributed by atoms with van der Waals surface area (Å²) in [6, 6.07) is 11.8. The lowest BCUT2D eigenvalue weighted by Gasteiger charge is -2.18. The zero-order chi connectivity index (χ0) is 17.6. The van der Waals surface area contributed by atoms with Crippen molar-refractivity contribution in [2.24, 2.45) is 0 Å². The normalized spacial score (nSPS) is 15.0. The van der Waals surface area contributed by atoms with Crippen molar-refractivity contribution in [3.05, 3.63) is 59.9 Å². The summed E-state index contributed by atoms with van der Waals surface area (Å²) in [5.41, 5.74) is 2.05. The third-order valence-corrected chi connectivity index (χ3v) is 4.33. The smallest absolute Gasteiger partial charge is 0.326 e. The van der Waals surface area contributed by atoms with Crippen molar-refractivity contribution in [3.8, 4) is 0 Å². The predicted octanol–water partition coefficient (Wildman–Crippen LogP) is 2.11. The van der Waals surface area contributed by atoms with Crippen LogP contribution in [0.25, 0.3) is 0 Å². The summed E-state index contributed by atoms with van der Waals surface area (Å²) in [5.74, 6) is -1.53. The average molecular weight is 339 g/mol. The van der Waals surface area contributed by atoms with Gasteiger partial charge in [-0.25, -0.2) is 4.79 Å². The van der Waals surface area contributed by atoms with Crippen LogP contribution in [0.4, 0.5) is 5.69 Å². The molecule has 1 fully saturated rings. The Hall–Kier alpha value is -2.89. The molecule has 0 aliphatic carbocycles. The van der Waals surface area contributed by atoms with Gasteiger partial charge in [0.15, 0.2) is 0 Å². The zero-order valence-corrected chi connectivity index (χ0v) is 13.9. The molecular formula is C19H21N3O3. The van der Waals surface area contributed by atoms with E-state index < -0.39 is 17.9 Å². The fourth-order valence-corrected chi connectivity index (χ4v) is 3.00. The van der Waals surface area contributed by atoms with Crippen LogP contribution in [0.3, 0.4) is 0 Å². The monoisotopic (exact) mass is 339 g/mol. The molecular weight excluding hydrogens is 318 g/mol. The van der Waals surface area contributed by atoms with Crippen molar-refractivity contribution in [1.29, 1.82) is 0 Å². The number of nitrogens with zero attached hydrogens (tertiary/aromatic N) is 2. The van der Waals surface area contributed by atoms with Crippen LogP contribution in [0.5, 0.6) is 0 Å². The molecule has 0 radical (unpaired) electrons. The molecule has 2 aromatic rings. The number of benzene rings is 1. The minimum atomic E-state index is -1.06. The Morgan fingerprint density at radius 2 is 1.88 bits per heavy atom. The summed E-state index contributed by atoms with van der Waals surface area (Å²) in [4.78, 5) is 30.3. The van der Waals surface area contributed by atoms with Crippen molar-refractivity contribution < 1.29 is 14.7 Å². The van der Waals surface area contributed by atoms with Gasteiger partial charge in [0.25, 0.3) is 5.91 Å². The Bertz CT molecular complexity index is 743. The molecule has 130 valence electrons. The molecule has 6 nitrogen and oxygen atoms in total. The number of aromatic nitrogens is 1. The van der Waals surface area contributed by atoms with Gasteiger partial charge in [-0.1, -0.05) is 30.3 Å². The topological polar surface area (TPSA) is 82.5 Å². The van der Waals surface area contributed by atoms with Crippen molar-refractivity contribution in [2.45, 2.75) is 25.3 Å². The third-order valence-electron chi connectivity index (χ3n) is 4.33. The SMILES string of the molecule is O=C(N[C@@H](Cc1ccccc1)C(=O)O)c1cc(N2CCCC2)ccn1. The number of aliphatic carboxylic acids is 1. The van der Waals surface area contributed by atoms with Crippen LogP contribution in [0.15, 0.2) is 48.7 Å². The van der Waals surface area contributed by atoms with E-state index in [1.807, 2.05) is 36.4 Å². The highest BCUT2D eigenvalue weighted by Gasteiger charge is 2.22. The predicted molar refractivity (Wildman–Crippen MR) is 94.7 cm³/mol. The van der Waals surface area contributed by atoms with E-state index in [0.717, 1.165) is 37.2 Å². The number of carbonyl (C=O) groups excluding carboxylic acids is 1. The van der Waals surface area contributed by atoms with E-state index in [2.05, 4.69) is 15.2 Å². The fourth-order valence-electron chi connectivity index (χ4n) is 3.00. The highest BCUT2D eigenvalue weighted by atomic mass is 16.4. The molecule has 2 heterocycles. The summed E-state index contributed by atoms with van der Waals surface area (Å²) in [6.07, 6.45) is 4.10. The number of hydrogen-bond donors (Lipinski definition) is 2. The molecule has 2 N–H and O–H groups in total. The summed E-state index contributed by atoms with van der Waals surface area (Å²) in [6.45, 7) is 1.94. The van der Waals surface area contributed by atoms with Crippen molar-refractivity contribution in [1.82, 2.24) is 10.3 Å². The van der Waals surface area contributed by atoms with Crippen molar-refractivity contribution in [3.63, 3.8) is 0 Å². The van der Waals surface area contributed by atoms with Crippen molar-refractivity contribution >= 4 is 17.6 Å². The molecule has 0 saturated carbocycles. The second-order valence-corrected chi connectivity index (χ2v) is 6.15. The Labute approximate surface area is 146 Å². The minimum absolute atomic E-state index is 0.230. The number of carboxylic acids is 1. The molecule has 1 aromatic heterocycles. The van der Waals surface area contributed by atoms with Gasteiger partial charge in [-0.2, -0.15) is 0 Å². The first-order valence-electron chi connectivity index (χ1n) is 8.42. The number of carboxylic acid groups (broad SMARTS) is 1. The fraction of sp³-hybridized carbons (Fsp3) is 0.316. The van der Waals surface area contributed by atoms with Crippen LogP contribution in [0, 0.1) is 0 Å². The number of rotatable bonds is 6. The lowest BCUT2D eigenvalue weighted by atomic mass is 10.1. The standard InChI is InChI=1S/C19H21N3O3/c23-18(16-13-15(8-9-20-16)22-10-4-5-11-22)21-17(19(24)25)12-14-6-2-1-3-7-14/h1-3,6-9,13,17H,4-5,10-12H2,(H,21,23)(H,24,25)/t17-/m0/s1. The maximum absolute atomic E-state index is 12.5. The Kier molecular flexibility index (Phi) is 5.28. The maximum atomic E-state index is 12.5. The Morgan fingerprint density at radius 3 is 2.56 bits per heavy atom. The summed E-state index contributed by atoms with van der Waals surface area (Å²) < 4.78 is 0. The highest BCUT2D eigenvalue weighted by molar-refractivity contribution is 5.95. The van der Waals surface area contributed by atoms with Gasteiger partial charge in [0.05, 0.1) is 0 Å². The molecule has 1 aliphatic rings. The largest absolute Gasteiger partial charge is 0.480 e. The second-order valence-electron chi connectivity index (χ2n) is 6.15. The lowest BCUT2D eigenvalue weighted by molar-refractivity contribution is -0.139. The van der Waals surface area contributed by atoms with E-state index in [1.54, 1.807) is 12.3 Å². The highest BCUT2D eigenvalue weighted by Crippen LogP contribution is 2.20. The van der Waals surface area contributed by atoms with Crippen LogP contribution in [0.1, 0.15) is 28.9 Å².